The zero-order valence-electron chi connectivity index (χ0n) is 14.0. The second-order valence-electron chi connectivity index (χ2n) is 5.68. The van der Waals surface area contributed by atoms with Crippen LogP contribution in [0.4, 0.5) is 0 Å². The highest BCUT2D eigenvalue weighted by molar-refractivity contribution is 9.10. The summed E-state index contributed by atoms with van der Waals surface area (Å²) in [6.45, 7) is 1.48. The lowest BCUT2D eigenvalue weighted by molar-refractivity contribution is -0.121. The van der Waals surface area contributed by atoms with E-state index in [0.29, 0.717) is 0 Å². The summed E-state index contributed by atoms with van der Waals surface area (Å²) < 4.78 is 27.1. The number of likely N-dealkylation sites (N-methyl/N-ethyl adjacent to an activating group) is 1. The number of amides is 1. The van der Waals surface area contributed by atoms with Gasteiger partial charge in [-0.15, -0.1) is 0 Å². The van der Waals surface area contributed by atoms with Crippen LogP contribution in [0.25, 0.3) is 0 Å². The van der Waals surface area contributed by atoms with Crippen molar-refractivity contribution in [2.24, 2.45) is 0 Å². The number of halogens is 3. The van der Waals surface area contributed by atoms with E-state index in [4.69, 9.17) is 23.2 Å². The summed E-state index contributed by atoms with van der Waals surface area (Å²) in [4.78, 5) is 12.1. The molecule has 0 saturated heterocycles. The van der Waals surface area contributed by atoms with Crippen LogP contribution in [0, 0.1) is 0 Å². The van der Waals surface area contributed by atoms with Crippen molar-refractivity contribution >= 4 is 55.1 Å². The molecule has 2 aromatic rings. The van der Waals surface area contributed by atoms with Crippen LogP contribution in [0.1, 0.15) is 18.5 Å². The lowest BCUT2D eigenvalue weighted by atomic mass is 10.1. The van der Waals surface area contributed by atoms with Gasteiger partial charge >= 0.3 is 0 Å². The van der Waals surface area contributed by atoms with Crippen molar-refractivity contribution in [3.8, 4) is 0 Å². The molecule has 0 heterocycles. The molecule has 0 bridgehead atoms. The van der Waals surface area contributed by atoms with Crippen LogP contribution in [-0.2, 0) is 14.8 Å². The van der Waals surface area contributed by atoms with Crippen molar-refractivity contribution in [2.45, 2.75) is 17.9 Å². The molecule has 5 nitrogen and oxygen atoms in total. The molecule has 2 aromatic carbocycles. The number of nitrogens with one attached hydrogen (secondary N) is 1. The van der Waals surface area contributed by atoms with Gasteiger partial charge in [0.15, 0.2) is 0 Å². The molecule has 1 amide bonds. The zero-order chi connectivity index (χ0) is 19.5. The van der Waals surface area contributed by atoms with Crippen molar-refractivity contribution in [1.29, 1.82) is 0 Å². The second kappa shape index (κ2) is 8.71. The van der Waals surface area contributed by atoms with Gasteiger partial charge in [-0.2, -0.15) is 4.31 Å². The fourth-order valence-corrected chi connectivity index (χ4v) is 4.38. The number of hydrogen-bond donors (Lipinski definition) is 1. The molecule has 2 rings (SSSR count). The van der Waals surface area contributed by atoms with Crippen LogP contribution in [0.2, 0.25) is 10.0 Å². The smallest absolute Gasteiger partial charge is 0.244 e. The molecule has 0 saturated carbocycles. The van der Waals surface area contributed by atoms with Gasteiger partial charge in [-0.3, -0.25) is 4.79 Å². The third-order valence-electron chi connectivity index (χ3n) is 3.70. The lowest BCUT2D eigenvalue weighted by Crippen LogP contribution is -2.39. The maximum Gasteiger partial charge on any atom is 0.244 e. The maximum atomic E-state index is 12.6. The highest BCUT2D eigenvalue weighted by Gasteiger charge is 2.26. The number of carbonyl (C=O) groups excluding carboxylic acids is 1. The van der Waals surface area contributed by atoms with Gasteiger partial charge in [-0.25, -0.2) is 8.42 Å². The Labute approximate surface area is 171 Å². The number of carbonyl (C=O) groups is 1. The minimum absolute atomic E-state index is 0.0462. The minimum atomic E-state index is -3.94. The third kappa shape index (κ3) is 5.20. The standard InChI is InChI=1S/C17H17BrCl2N2O3S/c1-11(12-3-5-13(18)6-4-12)21-17(23)10-22(2)26(24,25)16-9-14(19)7-8-15(16)20/h3-9,11H,10H2,1-2H3,(H,21,23)/t11-/m0/s1. The monoisotopic (exact) mass is 478 g/mol. The Kier molecular flexibility index (Phi) is 7.10. The molecule has 1 N–H and O–H groups in total. The molecule has 0 aliphatic rings. The quantitative estimate of drug-likeness (QED) is 0.673. The van der Waals surface area contributed by atoms with E-state index in [9.17, 15) is 13.2 Å². The molecule has 0 spiro atoms. The van der Waals surface area contributed by atoms with Gasteiger partial charge in [0.1, 0.15) is 4.90 Å². The van der Waals surface area contributed by atoms with Gasteiger partial charge in [0.2, 0.25) is 15.9 Å². The normalized spacial score (nSPS) is 12.8. The summed E-state index contributed by atoms with van der Waals surface area (Å²) in [5.41, 5.74) is 0.907. The number of hydrogen-bond acceptors (Lipinski definition) is 3. The SMILES string of the molecule is C[C@H](NC(=O)CN(C)S(=O)(=O)c1cc(Cl)ccc1Cl)c1ccc(Br)cc1. The first-order valence-corrected chi connectivity index (χ1v) is 10.6. The number of rotatable bonds is 6. The first-order chi connectivity index (χ1) is 12.1. The van der Waals surface area contributed by atoms with E-state index in [0.717, 1.165) is 14.3 Å². The number of benzene rings is 2. The summed E-state index contributed by atoms with van der Waals surface area (Å²) in [6, 6.07) is 11.4. The van der Waals surface area contributed by atoms with Gasteiger partial charge in [0.25, 0.3) is 0 Å². The fourth-order valence-electron chi connectivity index (χ4n) is 2.25. The molecular weight excluding hydrogens is 463 g/mol. The second-order valence-corrected chi connectivity index (χ2v) is 9.45. The van der Waals surface area contributed by atoms with Crippen LogP contribution >= 0.6 is 39.1 Å². The van der Waals surface area contributed by atoms with E-state index >= 15 is 0 Å². The molecule has 0 radical (unpaired) electrons. The van der Waals surface area contributed by atoms with Crippen LogP contribution in [0.15, 0.2) is 51.8 Å². The average Bonchev–Trinajstić information content (AvgIpc) is 2.57. The molecule has 0 fully saturated rings. The average molecular weight is 480 g/mol. The van der Waals surface area contributed by atoms with E-state index in [-0.39, 0.29) is 27.5 Å². The Morgan fingerprint density at radius 3 is 2.42 bits per heavy atom. The molecule has 1 atom stereocenters. The predicted molar refractivity (Wildman–Crippen MR) is 107 cm³/mol. The zero-order valence-corrected chi connectivity index (χ0v) is 18.0. The van der Waals surface area contributed by atoms with E-state index in [1.54, 1.807) is 0 Å². The van der Waals surface area contributed by atoms with E-state index in [1.807, 2.05) is 31.2 Å². The van der Waals surface area contributed by atoms with Gasteiger partial charge in [0, 0.05) is 16.5 Å². The molecule has 0 unspecified atom stereocenters. The van der Waals surface area contributed by atoms with Crippen molar-refractivity contribution in [2.75, 3.05) is 13.6 Å². The van der Waals surface area contributed by atoms with Gasteiger partial charge in [-0.05, 0) is 42.8 Å². The molecular formula is C17H17BrCl2N2O3S. The Morgan fingerprint density at radius 2 is 1.81 bits per heavy atom. The van der Waals surface area contributed by atoms with Crippen LogP contribution < -0.4 is 5.32 Å². The van der Waals surface area contributed by atoms with Crippen LogP contribution in [0.3, 0.4) is 0 Å². The largest absolute Gasteiger partial charge is 0.348 e. The molecule has 9 heteroatoms. The van der Waals surface area contributed by atoms with Crippen molar-refractivity contribution in [3.05, 3.63) is 62.5 Å². The van der Waals surface area contributed by atoms with E-state index in [2.05, 4.69) is 21.2 Å². The van der Waals surface area contributed by atoms with Crippen molar-refractivity contribution < 1.29 is 13.2 Å². The van der Waals surface area contributed by atoms with Crippen LogP contribution in [0.5, 0.6) is 0 Å². The van der Waals surface area contributed by atoms with Crippen LogP contribution in [-0.4, -0.2) is 32.2 Å². The summed E-state index contributed by atoms with van der Waals surface area (Å²) >= 11 is 15.2. The molecule has 26 heavy (non-hydrogen) atoms. The predicted octanol–water partition coefficient (Wildman–Crippen LogP) is 4.25. The Morgan fingerprint density at radius 1 is 1.19 bits per heavy atom. The number of nitrogens with zero attached hydrogens (tertiary/aromatic N) is 1. The summed E-state index contributed by atoms with van der Waals surface area (Å²) in [7, 11) is -2.63. The highest BCUT2D eigenvalue weighted by Crippen LogP contribution is 2.27. The first kappa shape index (κ1) is 21.2. The highest BCUT2D eigenvalue weighted by atomic mass is 79.9. The fraction of sp³-hybridized carbons (Fsp3) is 0.235. The van der Waals surface area contributed by atoms with Gasteiger partial charge in [0.05, 0.1) is 17.6 Å². The topological polar surface area (TPSA) is 66.5 Å². The first-order valence-electron chi connectivity index (χ1n) is 7.57. The van der Waals surface area contributed by atoms with Gasteiger partial charge in [-0.1, -0.05) is 51.3 Å². The Hall–Kier alpha value is -1.12. The number of sulfonamides is 1. The molecule has 140 valence electrons. The van der Waals surface area contributed by atoms with Crippen molar-refractivity contribution in [1.82, 2.24) is 9.62 Å². The summed E-state index contributed by atoms with van der Waals surface area (Å²) in [6.07, 6.45) is 0. The van der Waals surface area contributed by atoms with E-state index < -0.39 is 15.9 Å². The molecule has 0 aromatic heterocycles. The van der Waals surface area contributed by atoms with Crippen molar-refractivity contribution in [3.63, 3.8) is 0 Å². The van der Waals surface area contributed by atoms with Gasteiger partial charge < -0.3 is 5.32 Å². The molecule has 0 aliphatic carbocycles. The molecule has 0 aliphatic heterocycles. The lowest BCUT2D eigenvalue weighted by Gasteiger charge is -2.20. The van der Waals surface area contributed by atoms with E-state index in [1.165, 1.54) is 25.2 Å². The maximum absolute atomic E-state index is 12.6. The summed E-state index contributed by atoms with van der Waals surface area (Å²) in [5.74, 6) is -0.426. The Balaban J connectivity index is 2.08. The minimum Gasteiger partial charge on any atom is -0.348 e. The summed E-state index contributed by atoms with van der Waals surface area (Å²) in [5, 5.41) is 3.07. The third-order valence-corrected chi connectivity index (χ3v) is 6.74. The Bertz CT molecular complexity index is 905.